The summed E-state index contributed by atoms with van der Waals surface area (Å²) in [4.78, 5) is 31.3. The van der Waals surface area contributed by atoms with Crippen LogP contribution in [0.3, 0.4) is 0 Å². The number of rotatable bonds is 3. The van der Waals surface area contributed by atoms with Crippen molar-refractivity contribution in [2.45, 2.75) is 12.5 Å². The average molecular weight is 381 g/mol. The zero-order valence-electron chi connectivity index (χ0n) is 15.9. The van der Waals surface area contributed by atoms with Gasteiger partial charge in [0, 0.05) is 45.3 Å². The van der Waals surface area contributed by atoms with E-state index >= 15 is 0 Å². The fraction of sp³-hybridized carbons (Fsp3) is 0.364. The van der Waals surface area contributed by atoms with Gasteiger partial charge in [-0.1, -0.05) is 30.3 Å². The number of anilines is 1. The summed E-state index contributed by atoms with van der Waals surface area (Å²) in [6.45, 7) is 2.82. The van der Waals surface area contributed by atoms with E-state index in [1.54, 1.807) is 24.1 Å². The number of nitrogens with zero attached hydrogens (tertiary/aromatic N) is 3. The molecule has 2 aromatic rings. The third kappa shape index (κ3) is 3.46. The van der Waals surface area contributed by atoms with Gasteiger partial charge < -0.3 is 14.7 Å². The molecule has 2 aromatic carbocycles. The summed E-state index contributed by atoms with van der Waals surface area (Å²) in [6.07, 6.45) is 0.205. The molecule has 0 saturated carbocycles. The molecule has 0 unspecified atom stereocenters. The first-order valence-corrected chi connectivity index (χ1v) is 9.64. The number of halogens is 1. The molecule has 0 aliphatic carbocycles. The predicted molar refractivity (Wildman–Crippen MR) is 105 cm³/mol. The number of benzene rings is 2. The highest BCUT2D eigenvalue weighted by Crippen LogP contribution is 2.38. The van der Waals surface area contributed by atoms with E-state index in [-0.39, 0.29) is 30.1 Å². The molecule has 2 fully saturated rings. The lowest BCUT2D eigenvalue weighted by atomic mass is 9.92. The average Bonchev–Trinajstić information content (AvgIpc) is 3.03. The van der Waals surface area contributed by atoms with Gasteiger partial charge in [0.15, 0.2) is 0 Å². The second-order valence-electron chi connectivity index (χ2n) is 7.46. The maximum atomic E-state index is 13.3. The summed E-state index contributed by atoms with van der Waals surface area (Å²) < 4.78 is 13.3. The predicted octanol–water partition coefficient (Wildman–Crippen LogP) is 2.69. The SMILES string of the molecule is CN1C(=O)C[C@H](C(=O)N2CCN(c3ccccc3)CC2)[C@@H]1c1ccc(F)cc1. The van der Waals surface area contributed by atoms with Crippen LogP contribution in [-0.2, 0) is 9.59 Å². The molecule has 6 heteroatoms. The molecule has 0 bridgehead atoms. The number of carbonyl (C=O) groups excluding carboxylic acids is 2. The minimum absolute atomic E-state index is 0.0136. The molecule has 4 rings (SSSR count). The minimum Gasteiger partial charge on any atom is -0.368 e. The van der Waals surface area contributed by atoms with Crippen molar-refractivity contribution in [1.29, 1.82) is 0 Å². The molecule has 0 aromatic heterocycles. The summed E-state index contributed by atoms with van der Waals surface area (Å²) in [5, 5.41) is 0. The molecule has 2 aliphatic rings. The van der Waals surface area contributed by atoms with Crippen LogP contribution >= 0.6 is 0 Å². The van der Waals surface area contributed by atoms with Gasteiger partial charge in [0.25, 0.3) is 0 Å². The minimum atomic E-state index is -0.425. The number of carbonyl (C=O) groups is 2. The van der Waals surface area contributed by atoms with Crippen LogP contribution in [0.4, 0.5) is 10.1 Å². The first-order chi connectivity index (χ1) is 13.5. The number of hydrogen-bond acceptors (Lipinski definition) is 3. The Labute approximate surface area is 164 Å². The number of piperazine rings is 1. The molecule has 0 radical (unpaired) electrons. The Balaban J connectivity index is 1.47. The maximum absolute atomic E-state index is 13.3. The number of para-hydroxylation sites is 1. The van der Waals surface area contributed by atoms with E-state index in [0.29, 0.717) is 13.1 Å². The zero-order chi connectivity index (χ0) is 19.7. The van der Waals surface area contributed by atoms with Gasteiger partial charge in [-0.3, -0.25) is 9.59 Å². The van der Waals surface area contributed by atoms with Gasteiger partial charge in [0.1, 0.15) is 5.82 Å². The van der Waals surface area contributed by atoms with E-state index in [1.807, 2.05) is 23.1 Å². The Morgan fingerprint density at radius 1 is 0.964 bits per heavy atom. The van der Waals surface area contributed by atoms with Crippen molar-refractivity contribution in [3.05, 3.63) is 66.0 Å². The summed E-state index contributed by atoms with van der Waals surface area (Å²) in [5.74, 6) is -0.780. The van der Waals surface area contributed by atoms with Gasteiger partial charge in [-0.05, 0) is 29.8 Å². The molecule has 2 aliphatic heterocycles. The fourth-order valence-electron chi connectivity index (χ4n) is 4.27. The second-order valence-corrected chi connectivity index (χ2v) is 7.46. The number of amides is 2. The van der Waals surface area contributed by atoms with E-state index in [2.05, 4.69) is 17.0 Å². The fourth-order valence-corrected chi connectivity index (χ4v) is 4.27. The largest absolute Gasteiger partial charge is 0.368 e. The van der Waals surface area contributed by atoms with Crippen LogP contribution in [-0.4, -0.2) is 54.8 Å². The molecule has 0 N–H and O–H groups in total. The van der Waals surface area contributed by atoms with Crippen LogP contribution in [0.5, 0.6) is 0 Å². The topological polar surface area (TPSA) is 43.9 Å². The van der Waals surface area contributed by atoms with Gasteiger partial charge in [0.2, 0.25) is 11.8 Å². The first kappa shape index (κ1) is 18.5. The van der Waals surface area contributed by atoms with Crippen molar-refractivity contribution in [3.8, 4) is 0 Å². The van der Waals surface area contributed by atoms with Crippen molar-refractivity contribution >= 4 is 17.5 Å². The smallest absolute Gasteiger partial charge is 0.228 e. The maximum Gasteiger partial charge on any atom is 0.228 e. The Morgan fingerprint density at radius 2 is 1.61 bits per heavy atom. The standard InChI is InChI=1S/C22H24FN3O2/c1-24-20(27)15-19(21(24)16-7-9-17(23)10-8-16)22(28)26-13-11-25(12-14-26)18-5-3-2-4-6-18/h2-10,19,21H,11-15H2,1H3/t19-,21-/m0/s1. The Bertz CT molecular complexity index is 848. The van der Waals surface area contributed by atoms with E-state index in [4.69, 9.17) is 0 Å². The van der Waals surface area contributed by atoms with Gasteiger partial charge in [-0.15, -0.1) is 0 Å². The van der Waals surface area contributed by atoms with Crippen molar-refractivity contribution in [1.82, 2.24) is 9.80 Å². The molecule has 0 spiro atoms. The van der Waals surface area contributed by atoms with Crippen molar-refractivity contribution in [2.24, 2.45) is 5.92 Å². The molecule has 2 saturated heterocycles. The highest BCUT2D eigenvalue weighted by Gasteiger charge is 2.44. The van der Waals surface area contributed by atoms with Crippen molar-refractivity contribution in [2.75, 3.05) is 38.1 Å². The Kier molecular flexibility index (Phi) is 5.03. The molecule has 146 valence electrons. The summed E-state index contributed by atoms with van der Waals surface area (Å²) >= 11 is 0. The zero-order valence-corrected chi connectivity index (χ0v) is 15.9. The van der Waals surface area contributed by atoms with Crippen LogP contribution in [0.1, 0.15) is 18.0 Å². The van der Waals surface area contributed by atoms with E-state index in [9.17, 15) is 14.0 Å². The molecule has 2 atom stereocenters. The van der Waals surface area contributed by atoms with Gasteiger partial charge in [0.05, 0.1) is 12.0 Å². The van der Waals surface area contributed by atoms with E-state index < -0.39 is 5.92 Å². The summed E-state index contributed by atoms with van der Waals surface area (Å²) in [7, 11) is 1.72. The molecule has 2 heterocycles. The quantitative estimate of drug-likeness (QED) is 0.821. The van der Waals surface area contributed by atoms with Crippen LogP contribution in [0, 0.1) is 11.7 Å². The highest BCUT2D eigenvalue weighted by molar-refractivity contribution is 5.90. The molecular formula is C22H24FN3O2. The normalized spacial score (nSPS) is 22.6. The van der Waals surface area contributed by atoms with E-state index in [1.165, 1.54) is 12.1 Å². The Hall–Kier alpha value is -2.89. The lowest BCUT2D eigenvalue weighted by Gasteiger charge is -2.38. The number of likely N-dealkylation sites (tertiary alicyclic amines) is 1. The van der Waals surface area contributed by atoms with Crippen molar-refractivity contribution in [3.63, 3.8) is 0 Å². The van der Waals surface area contributed by atoms with Crippen LogP contribution < -0.4 is 4.90 Å². The van der Waals surface area contributed by atoms with Crippen molar-refractivity contribution < 1.29 is 14.0 Å². The van der Waals surface area contributed by atoms with Gasteiger partial charge in [-0.25, -0.2) is 4.39 Å². The second kappa shape index (κ2) is 7.62. The van der Waals surface area contributed by atoms with Crippen LogP contribution in [0.2, 0.25) is 0 Å². The number of hydrogen-bond donors (Lipinski definition) is 0. The third-order valence-corrected chi connectivity index (χ3v) is 5.83. The molecule has 28 heavy (non-hydrogen) atoms. The van der Waals surface area contributed by atoms with Crippen LogP contribution in [0.25, 0.3) is 0 Å². The summed E-state index contributed by atoms with van der Waals surface area (Å²) in [5.41, 5.74) is 1.96. The highest BCUT2D eigenvalue weighted by atomic mass is 19.1. The summed E-state index contributed by atoms with van der Waals surface area (Å²) in [6, 6.07) is 15.9. The van der Waals surface area contributed by atoms with Crippen LogP contribution in [0.15, 0.2) is 54.6 Å². The third-order valence-electron chi connectivity index (χ3n) is 5.83. The lowest BCUT2D eigenvalue weighted by molar-refractivity contribution is -0.136. The Morgan fingerprint density at radius 3 is 2.25 bits per heavy atom. The first-order valence-electron chi connectivity index (χ1n) is 9.64. The van der Waals surface area contributed by atoms with Gasteiger partial charge >= 0.3 is 0 Å². The molecule has 2 amide bonds. The van der Waals surface area contributed by atoms with E-state index in [0.717, 1.165) is 24.3 Å². The molecule has 5 nitrogen and oxygen atoms in total. The monoisotopic (exact) mass is 381 g/mol. The lowest BCUT2D eigenvalue weighted by Crippen LogP contribution is -2.51. The molecular weight excluding hydrogens is 357 g/mol. The van der Waals surface area contributed by atoms with Gasteiger partial charge in [-0.2, -0.15) is 0 Å².